The van der Waals surface area contributed by atoms with Crippen LogP contribution in [0.4, 0.5) is 10.5 Å². The van der Waals surface area contributed by atoms with Crippen molar-refractivity contribution < 1.29 is 19.0 Å². The molecule has 132 valence electrons. The van der Waals surface area contributed by atoms with Gasteiger partial charge in [0.2, 0.25) is 5.79 Å². The van der Waals surface area contributed by atoms with Gasteiger partial charge in [-0.25, -0.2) is 4.79 Å². The minimum atomic E-state index is -1.01. The molecule has 0 aromatic heterocycles. The van der Waals surface area contributed by atoms with Crippen LogP contribution in [0.2, 0.25) is 5.02 Å². The lowest BCUT2D eigenvalue weighted by atomic mass is 9.84. The number of methoxy groups -OCH3 is 2. The fourth-order valence-corrected chi connectivity index (χ4v) is 3.26. The molecule has 0 radical (unpaired) electrons. The van der Waals surface area contributed by atoms with Crippen molar-refractivity contribution in [1.82, 2.24) is 0 Å². The molecule has 2 aromatic rings. The van der Waals surface area contributed by atoms with E-state index in [0.29, 0.717) is 17.1 Å². The number of ether oxygens (including phenoxy) is 3. The number of aryl methyl sites for hydroxylation is 1. The van der Waals surface area contributed by atoms with Crippen LogP contribution in [0.25, 0.3) is 0 Å². The van der Waals surface area contributed by atoms with Crippen molar-refractivity contribution in [3.05, 3.63) is 64.7 Å². The predicted octanol–water partition coefficient (Wildman–Crippen LogP) is 4.57. The number of benzene rings is 2. The van der Waals surface area contributed by atoms with Gasteiger partial charge in [-0.15, -0.1) is 0 Å². The zero-order valence-corrected chi connectivity index (χ0v) is 14.9. The van der Waals surface area contributed by atoms with Gasteiger partial charge in [0.15, 0.2) is 6.10 Å². The second-order valence-corrected chi connectivity index (χ2v) is 6.27. The molecule has 0 bridgehead atoms. The summed E-state index contributed by atoms with van der Waals surface area (Å²) in [4.78, 5) is 12.4. The van der Waals surface area contributed by atoms with Gasteiger partial charge in [0.05, 0.1) is 0 Å². The standard InChI is InChI=1S/C19H20ClNO4/c1-23-19(24-2)12-11-13-5-3-4-6-16(13)17(19)25-18(22)21-15-9-7-14(20)8-10-15/h3-10,17H,11-12H2,1-2H3,(H,21,22). The fraction of sp³-hybridized carbons (Fsp3) is 0.316. The fourth-order valence-electron chi connectivity index (χ4n) is 3.14. The highest BCUT2D eigenvalue weighted by atomic mass is 35.5. The number of halogens is 1. The first-order valence-corrected chi connectivity index (χ1v) is 8.37. The van der Waals surface area contributed by atoms with Crippen LogP contribution in [0.5, 0.6) is 0 Å². The van der Waals surface area contributed by atoms with Gasteiger partial charge in [-0.3, -0.25) is 5.32 Å². The van der Waals surface area contributed by atoms with E-state index in [1.807, 2.05) is 24.3 Å². The maximum absolute atomic E-state index is 12.4. The van der Waals surface area contributed by atoms with Crippen molar-refractivity contribution in [2.75, 3.05) is 19.5 Å². The lowest BCUT2D eigenvalue weighted by Crippen LogP contribution is -2.46. The van der Waals surface area contributed by atoms with Crippen molar-refractivity contribution >= 4 is 23.4 Å². The van der Waals surface area contributed by atoms with E-state index in [-0.39, 0.29) is 0 Å². The van der Waals surface area contributed by atoms with E-state index in [2.05, 4.69) is 5.32 Å². The van der Waals surface area contributed by atoms with E-state index in [9.17, 15) is 4.79 Å². The smallest absolute Gasteiger partial charge is 0.412 e. The Kier molecular flexibility index (Phi) is 5.27. The molecule has 1 aliphatic carbocycles. The summed E-state index contributed by atoms with van der Waals surface area (Å²) in [6, 6.07) is 14.6. The third kappa shape index (κ3) is 3.63. The first-order chi connectivity index (χ1) is 12.1. The summed E-state index contributed by atoms with van der Waals surface area (Å²) in [5.74, 6) is -1.01. The molecule has 6 heteroatoms. The summed E-state index contributed by atoms with van der Waals surface area (Å²) in [6.45, 7) is 0. The van der Waals surface area contributed by atoms with Crippen LogP contribution < -0.4 is 5.32 Å². The van der Waals surface area contributed by atoms with Crippen LogP contribution >= 0.6 is 11.6 Å². The highest BCUT2D eigenvalue weighted by Crippen LogP contribution is 2.42. The SMILES string of the molecule is COC1(OC)CCc2ccccc2C1OC(=O)Nc1ccc(Cl)cc1. The summed E-state index contributed by atoms with van der Waals surface area (Å²) in [7, 11) is 3.12. The average molecular weight is 362 g/mol. The van der Waals surface area contributed by atoms with Crippen molar-refractivity contribution in [3.63, 3.8) is 0 Å². The molecule has 0 aliphatic heterocycles. The lowest BCUT2D eigenvalue weighted by molar-refractivity contribution is -0.267. The maximum Gasteiger partial charge on any atom is 0.412 e. The quantitative estimate of drug-likeness (QED) is 0.811. The first kappa shape index (κ1) is 17.7. The second kappa shape index (κ2) is 7.44. The average Bonchev–Trinajstić information content (AvgIpc) is 2.64. The molecule has 0 spiro atoms. The Bertz CT molecular complexity index is 743. The van der Waals surface area contributed by atoms with Gasteiger partial charge in [-0.2, -0.15) is 0 Å². The van der Waals surface area contributed by atoms with Gasteiger partial charge in [0, 0.05) is 36.9 Å². The molecule has 1 unspecified atom stereocenters. The van der Waals surface area contributed by atoms with E-state index >= 15 is 0 Å². The zero-order valence-electron chi connectivity index (χ0n) is 14.1. The van der Waals surface area contributed by atoms with E-state index in [4.69, 9.17) is 25.8 Å². The summed E-state index contributed by atoms with van der Waals surface area (Å²) in [5.41, 5.74) is 2.61. The van der Waals surface area contributed by atoms with Crippen molar-refractivity contribution in [3.8, 4) is 0 Å². The molecule has 2 aromatic carbocycles. The van der Waals surface area contributed by atoms with Crippen molar-refractivity contribution in [2.45, 2.75) is 24.7 Å². The number of hydrogen-bond acceptors (Lipinski definition) is 4. The zero-order chi connectivity index (χ0) is 17.9. The third-order valence-corrected chi connectivity index (χ3v) is 4.74. The van der Waals surface area contributed by atoms with Gasteiger partial charge in [0.1, 0.15) is 0 Å². The number of carbonyl (C=O) groups excluding carboxylic acids is 1. The number of carbonyl (C=O) groups is 1. The first-order valence-electron chi connectivity index (χ1n) is 7.99. The molecular formula is C19H20ClNO4. The number of fused-ring (bicyclic) bond motifs is 1. The van der Waals surface area contributed by atoms with Gasteiger partial charge in [0.25, 0.3) is 0 Å². The summed E-state index contributed by atoms with van der Waals surface area (Å²) in [6.07, 6.45) is 0.133. The van der Waals surface area contributed by atoms with Gasteiger partial charge < -0.3 is 14.2 Å². The van der Waals surface area contributed by atoms with Crippen LogP contribution in [0.15, 0.2) is 48.5 Å². The maximum atomic E-state index is 12.4. The van der Waals surface area contributed by atoms with Crippen LogP contribution in [-0.4, -0.2) is 26.1 Å². The van der Waals surface area contributed by atoms with E-state index in [0.717, 1.165) is 17.5 Å². The third-order valence-electron chi connectivity index (χ3n) is 4.49. The van der Waals surface area contributed by atoms with Gasteiger partial charge >= 0.3 is 6.09 Å². The Morgan fingerprint density at radius 2 is 1.80 bits per heavy atom. The van der Waals surface area contributed by atoms with E-state index in [1.54, 1.807) is 38.5 Å². The summed E-state index contributed by atoms with van der Waals surface area (Å²) in [5, 5.41) is 3.30. The monoisotopic (exact) mass is 361 g/mol. The molecule has 0 fully saturated rings. The molecule has 1 N–H and O–H groups in total. The largest absolute Gasteiger partial charge is 0.435 e. The summed E-state index contributed by atoms with van der Waals surface area (Å²) >= 11 is 5.86. The van der Waals surface area contributed by atoms with Crippen LogP contribution in [0.1, 0.15) is 23.7 Å². The lowest BCUT2D eigenvalue weighted by Gasteiger charge is -2.41. The van der Waals surface area contributed by atoms with Gasteiger partial charge in [-0.05, 0) is 36.2 Å². The second-order valence-electron chi connectivity index (χ2n) is 5.84. The number of hydrogen-bond donors (Lipinski definition) is 1. The van der Waals surface area contributed by atoms with Crippen LogP contribution in [0, 0.1) is 0 Å². The molecule has 3 rings (SSSR count). The van der Waals surface area contributed by atoms with Crippen molar-refractivity contribution in [1.29, 1.82) is 0 Å². The normalized spacial score (nSPS) is 18.3. The van der Waals surface area contributed by atoms with Crippen LogP contribution in [0.3, 0.4) is 0 Å². The highest BCUT2D eigenvalue weighted by molar-refractivity contribution is 6.30. The Labute approximate surface area is 151 Å². The molecular weight excluding hydrogens is 342 g/mol. The minimum absolute atomic E-state index is 0.581. The number of anilines is 1. The molecule has 0 saturated carbocycles. The topological polar surface area (TPSA) is 56.8 Å². The molecule has 25 heavy (non-hydrogen) atoms. The number of nitrogens with one attached hydrogen (secondary N) is 1. The Balaban J connectivity index is 1.84. The van der Waals surface area contributed by atoms with Crippen LogP contribution in [-0.2, 0) is 20.6 Å². The van der Waals surface area contributed by atoms with E-state index in [1.165, 1.54) is 0 Å². The summed E-state index contributed by atoms with van der Waals surface area (Å²) < 4.78 is 17.0. The highest BCUT2D eigenvalue weighted by Gasteiger charge is 2.47. The Morgan fingerprint density at radius 3 is 2.48 bits per heavy atom. The molecule has 0 heterocycles. The molecule has 5 nitrogen and oxygen atoms in total. The predicted molar refractivity (Wildman–Crippen MR) is 95.8 cm³/mol. The Morgan fingerprint density at radius 1 is 1.12 bits per heavy atom. The minimum Gasteiger partial charge on any atom is -0.435 e. The molecule has 1 aliphatic rings. The number of amides is 1. The number of rotatable bonds is 4. The molecule has 1 atom stereocenters. The van der Waals surface area contributed by atoms with E-state index < -0.39 is 18.0 Å². The molecule has 1 amide bonds. The molecule has 0 saturated heterocycles. The Hall–Kier alpha value is -2.08. The van der Waals surface area contributed by atoms with Gasteiger partial charge in [-0.1, -0.05) is 35.9 Å². The van der Waals surface area contributed by atoms with Crippen molar-refractivity contribution in [2.24, 2.45) is 0 Å².